The summed E-state index contributed by atoms with van der Waals surface area (Å²) in [5, 5.41) is 2.27. The number of rotatable bonds is 4. The second-order valence-electron chi connectivity index (χ2n) is 12.1. The van der Waals surface area contributed by atoms with E-state index in [9.17, 15) is 22.8 Å². The molecule has 4 aromatic rings. The highest BCUT2D eigenvalue weighted by molar-refractivity contribution is 6.04. The van der Waals surface area contributed by atoms with Gasteiger partial charge in [-0.15, -0.1) is 0 Å². The fraction of sp³-hybridized carbons (Fsp3) is 0.367. The Bertz CT molecular complexity index is 1790. The Morgan fingerprint density at radius 3 is 2.48 bits per heavy atom. The Hall–Kier alpha value is -4.75. The van der Waals surface area contributed by atoms with E-state index >= 15 is 4.39 Å². The lowest BCUT2D eigenvalue weighted by molar-refractivity contribution is -0.137. The second-order valence-corrected chi connectivity index (χ2v) is 12.1. The van der Waals surface area contributed by atoms with Crippen LogP contribution < -0.4 is 11.1 Å². The molecule has 3 N–H and O–H groups in total. The number of nitrogens with two attached hydrogens (primary N) is 1. The quantitative estimate of drug-likeness (QED) is 0.256. The monoisotopic (exact) mass is 611 g/mol. The highest BCUT2D eigenvalue weighted by atomic mass is 19.4. The van der Waals surface area contributed by atoms with E-state index in [0.717, 1.165) is 37.6 Å². The summed E-state index contributed by atoms with van der Waals surface area (Å²) in [7, 11) is 0. The topological polar surface area (TPSA) is 128 Å². The summed E-state index contributed by atoms with van der Waals surface area (Å²) in [5.41, 5.74) is 4.61. The van der Waals surface area contributed by atoms with Crippen LogP contribution in [-0.2, 0) is 10.9 Å². The van der Waals surface area contributed by atoms with Crippen molar-refractivity contribution in [2.75, 3.05) is 11.1 Å². The molecule has 2 amide bonds. The molecule has 6 rings (SSSR count). The lowest BCUT2D eigenvalue weighted by Gasteiger charge is -2.32. The summed E-state index contributed by atoms with van der Waals surface area (Å²) in [6, 6.07) is 4.61. The van der Waals surface area contributed by atoms with Gasteiger partial charge in [-0.3, -0.25) is 14.1 Å². The minimum Gasteiger partial charge on any atom is -0.444 e. The van der Waals surface area contributed by atoms with E-state index in [-0.39, 0.29) is 34.0 Å². The van der Waals surface area contributed by atoms with Crippen molar-refractivity contribution in [3.05, 3.63) is 71.7 Å². The number of anilines is 2. The number of halogens is 4. The summed E-state index contributed by atoms with van der Waals surface area (Å²) in [5.74, 6) is -1.46. The Morgan fingerprint density at radius 1 is 1.07 bits per heavy atom. The van der Waals surface area contributed by atoms with E-state index in [1.54, 1.807) is 36.3 Å². The number of alkyl halides is 3. The van der Waals surface area contributed by atoms with Crippen LogP contribution in [0.3, 0.4) is 0 Å². The molecule has 0 radical (unpaired) electrons. The van der Waals surface area contributed by atoms with Crippen LogP contribution in [0.2, 0.25) is 0 Å². The van der Waals surface area contributed by atoms with Gasteiger partial charge in [-0.05, 0) is 76.8 Å². The minimum absolute atomic E-state index is 0.0187. The number of likely N-dealkylation sites (tertiary alicyclic amines) is 1. The van der Waals surface area contributed by atoms with Gasteiger partial charge < -0.3 is 15.8 Å². The van der Waals surface area contributed by atoms with Gasteiger partial charge in [-0.1, -0.05) is 0 Å². The molecule has 2 fully saturated rings. The molecule has 0 bridgehead atoms. The highest BCUT2D eigenvalue weighted by Crippen LogP contribution is 2.56. The SMILES string of the molecule is CC(C)(C)OC(=O)N1[C@H](c2nc(-c3ccc(C(=O)Nc4cc(C(F)(F)F)ccn4)cc3F)c3c(N)nccn23)CCC12CC2. The third kappa shape index (κ3) is 5.28. The molecule has 1 atom stereocenters. The number of carbonyl (C=O) groups is 2. The Balaban J connectivity index is 1.35. The van der Waals surface area contributed by atoms with Gasteiger partial charge in [0.15, 0.2) is 0 Å². The first-order valence-electron chi connectivity index (χ1n) is 14.0. The molecule has 1 saturated heterocycles. The van der Waals surface area contributed by atoms with Crippen molar-refractivity contribution < 1.29 is 31.9 Å². The molecule has 1 aromatic carbocycles. The highest BCUT2D eigenvalue weighted by Gasteiger charge is 2.59. The summed E-state index contributed by atoms with van der Waals surface area (Å²) in [6.45, 7) is 5.40. The summed E-state index contributed by atoms with van der Waals surface area (Å²) in [6.07, 6.45) is 2.05. The van der Waals surface area contributed by atoms with Crippen molar-refractivity contribution in [1.82, 2.24) is 24.3 Å². The smallest absolute Gasteiger partial charge is 0.416 e. The molecule has 1 spiro atoms. The van der Waals surface area contributed by atoms with Crippen LogP contribution in [0.5, 0.6) is 0 Å². The van der Waals surface area contributed by atoms with E-state index < -0.39 is 41.2 Å². The zero-order valence-corrected chi connectivity index (χ0v) is 24.1. The van der Waals surface area contributed by atoms with Crippen molar-refractivity contribution >= 4 is 29.2 Å². The number of aromatic nitrogens is 4. The Kier molecular flexibility index (Phi) is 6.78. The zero-order valence-electron chi connectivity index (χ0n) is 24.1. The minimum atomic E-state index is -4.62. The van der Waals surface area contributed by atoms with Crippen LogP contribution in [0, 0.1) is 5.82 Å². The summed E-state index contributed by atoms with van der Waals surface area (Å²) >= 11 is 0. The molecule has 1 aliphatic heterocycles. The third-order valence-corrected chi connectivity index (χ3v) is 7.85. The largest absolute Gasteiger partial charge is 0.444 e. The fourth-order valence-electron chi connectivity index (χ4n) is 5.72. The number of ether oxygens (including phenoxy) is 1. The number of nitrogens with one attached hydrogen (secondary N) is 1. The predicted molar refractivity (Wildman–Crippen MR) is 152 cm³/mol. The van der Waals surface area contributed by atoms with E-state index in [4.69, 9.17) is 15.5 Å². The lowest BCUT2D eigenvalue weighted by atomic mass is 10.1. The van der Waals surface area contributed by atoms with Gasteiger partial charge in [0.2, 0.25) is 0 Å². The molecule has 1 aliphatic carbocycles. The van der Waals surface area contributed by atoms with Crippen molar-refractivity contribution in [2.45, 2.75) is 69.8 Å². The number of fused-ring (bicyclic) bond motifs is 1. The summed E-state index contributed by atoms with van der Waals surface area (Å²) < 4.78 is 62.3. The van der Waals surface area contributed by atoms with Crippen molar-refractivity contribution in [1.29, 1.82) is 0 Å². The van der Waals surface area contributed by atoms with Crippen molar-refractivity contribution in [2.24, 2.45) is 0 Å². The van der Waals surface area contributed by atoms with Crippen LogP contribution in [-0.4, -0.2) is 47.4 Å². The standard InChI is InChI=1S/C30H29F4N7O3/c1-28(2,3)44-27(43)41-20(6-8-29(41)9-10-29)25-39-22(23-24(35)37-12-13-40(23)25)18-5-4-16(14-19(18)31)26(42)38-21-15-17(7-11-36-21)30(32,33)34/h4-5,7,11-15,20H,6,8-10H2,1-3H3,(H2,35,37)(H,36,38,42)/t20-/m0/s1. The maximum Gasteiger partial charge on any atom is 0.416 e. The first-order chi connectivity index (χ1) is 20.7. The normalized spacial score (nSPS) is 17.7. The zero-order chi connectivity index (χ0) is 31.6. The number of hydrogen-bond donors (Lipinski definition) is 2. The van der Waals surface area contributed by atoms with Crippen LogP contribution in [0.1, 0.15) is 74.2 Å². The van der Waals surface area contributed by atoms with E-state index in [1.165, 1.54) is 18.3 Å². The van der Waals surface area contributed by atoms with Gasteiger partial charge in [0.25, 0.3) is 5.91 Å². The number of nitrogen functional groups attached to an aromatic ring is 1. The number of nitrogens with zero attached hydrogens (tertiary/aromatic N) is 5. The Morgan fingerprint density at radius 2 is 1.82 bits per heavy atom. The predicted octanol–water partition coefficient (Wildman–Crippen LogP) is 6.39. The van der Waals surface area contributed by atoms with Crippen molar-refractivity contribution in [3.63, 3.8) is 0 Å². The molecule has 2 aliphatic rings. The molecular formula is C30H29F4N7O3. The molecule has 44 heavy (non-hydrogen) atoms. The number of pyridine rings is 1. The van der Waals surface area contributed by atoms with Crippen LogP contribution >= 0.6 is 0 Å². The number of imidazole rings is 1. The molecule has 4 heterocycles. The fourth-order valence-corrected chi connectivity index (χ4v) is 5.72. The average Bonchev–Trinajstić information content (AvgIpc) is 3.45. The van der Waals surface area contributed by atoms with E-state index in [2.05, 4.69) is 15.3 Å². The third-order valence-electron chi connectivity index (χ3n) is 7.85. The van der Waals surface area contributed by atoms with E-state index in [1.807, 2.05) is 0 Å². The molecule has 10 nitrogen and oxygen atoms in total. The molecule has 1 saturated carbocycles. The van der Waals surface area contributed by atoms with Gasteiger partial charge in [-0.2, -0.15) is 13.2 Å². The second kappa shape index (κ2) is 10.2. The van der Waals surface area contributed by atoms with Gasteiger partial charge in [0.1, 0.15) is 40.1 Å². The van der Waals surface area contributed by atoms with E-state index in [0.29, 0.717) is 23.8 Å². The molecule has 3 aromatic heterocycles. The molecule has 0 unspecified atom stereocenters. The number of amides is 2. The van der Waals surface area contributed by atoms with Crippen LogP contribution in [0.25, 0.3) is 16.8 Å². The Labute approximate surface area is 249 Å². The van der Waals surface area contributed by atoms with Gasteiger partial charge >= 0.3 is 12.3 Å². The number of carbonyl (C=O) groups excluding carboxylic acids is 2. The van der Waals surface area contributed by atoms with Crippen LogP contribution in [0.4, 0.5) is 34.0 Å². The van der Waals surface area contributed by atoms with Crippen LogP contribution in [0.15, 0.2) is 48.9 Å². The summed E-state index contributed by atoms with van der Waals surface area (Å²) in [4.78, 5) is 40.6. The lowest BCUT2D eigenvalue weighted by Crippen LogP contribution is -2.42. The van der Waals surface area contributed by atoms with Gasteiger partial charge in [0.05, 0.1) is 11.6 Å². The maximum absolute atomic E-state index is 15.7. The maximum atomic E-state index is 15.7. The first-order valence-corrected chi connectivity index (χ1v) is 14.0. The molecular weight excluding hydrogens is 582 g/mol. The molecule has 230 valence electrons. The van der Waals surface area contributed by atoms with Gasteiger partial charge in [0, 0.05) is 35.3 Å². The van der Waals surface area contributed by atoms with Crippen molar-refractivity contribution in [3.8, 4) is 11.3 Å². The first kappa shape index (κ1) is 29.3. The molecule has 14 heteroatoms. The average molecular weight is 612 g/mol. The number of hydrogen-bond acceptors (Lipinski definition) is 7. The number of benzene rings is 1. The van der Waals surface area contributed by atoms with Gasteiger partial charge in [-0.25, -0.2) is 24.1 Å².